The van der Waals surface area contributed by atoms with Crippen LogP contribution in [0.4, 0.5) is 15.9 Å². The second-order valence-electron chi connectivity index (χ2n) is 5.04. The predicted molar refractivity (Wildman–Crippen MR) is 91.6 cm³/mol. The molecule has 0 bridgehead atoms. The van der Waals surface area contributed by atoms with Gasteiger partial charge in [0, 0.05) is 17.8 Å². The Hall–Kier alpha value is -2.89. The van der Waals surface area contributed by atoms with Gasteiger partial charge in [0.05, 0.1) is 30.4 Å². The van der Waals surface area contributed by atoms with E-state index in [9.17, 15) is 4.39 Å². The Bertz CT molecular complexity index is 838. The molecule has 6 heteroatoms. The molecular formula is C18H18FN3O2. The SMILES string of the molecule is CCOc1cc2ncc(Nc3ccc(F)cc3)nc2cc1OCC. The summed E-state index contributed by atoms with van der Waals surface area (Å²) in [4.78, 5) is 8.94. The fraction of sp³-hybridized carbons (Fsp3) is 0.222. The summed E-state index contributed by atoms with van der Waals surface area (Å²) < 4.78 is 24.2. The number of rotatable bonds is 6. The van der Waals surface area contributed by atoms with Crippen LogP contribution in [0.25, 0.3) is 11.0 Å². The Morgan fingerprint density at radius 1 is 0.958 bits per heavy atom. The second kappa shape index (κ2) is 7.12. The number of nitrogens with zero attached hydrogens (tertiary/aromatic N) is 2. The lowest BCUT2D eigenvalue weighted by molar-refractivity contribution is 0.288. The van der Waals surface area contributed by atoms with Crippen LogP contribution in [0, 0.1) is 5.82 Å². The Balaban J connectivity index is 1.94. The average molecular weight is 327 g/mol. The van der Waals surface area contributed by atoms with Gasteiger partial charge in [-0.1, -0.05) is 0 Å². The van der Waals surface area contributed by atoms with Crippen LogP contribution in [0.5, 0.6) is 11.5 Å². The van der Waals surface area contributed by atoms with Gasteiger partial charge in [0.2, 0.25) is 0 Å². The normalized spacial score (nSPS) is 10.6. The van der Waals surface area contributed by atoms with E-state index in [1.54, 1.807) is 18.3 Å². The van der Waals surface area contributed by atoms with Crippen LogP contribution in [-0.2, 0) is 0 Å². The van der Waals surface area contributed by atoms with E-state index in [0.717, 1.165) is 5.69 Å². The van der Waals surface area contributed by atoms with Crippen LogP contribution in [0.15, 0.2) is 42.6 Å². The number of fused-ring (bicyclic) bond motifs is 1. The Labute approximate surface area is 139 Å². The van der Waals surface area contributed by atoms with Crippen molar-refractivity contribution >= 4 is 22.5 Å². The van der Waals surface area contributed by atoms with E-state index in [-0.39, 0.29) is 5.82 Å². The number of hydrogen-bond acceptors (Lipinski definition) is 5. The Kier molecular flexibility index (Phi) is 4.74. The highest BCUT2D eigenvalue weighted by Gasteiger charge is 2.10. The second-order valence-corrected chi connectivity index (χ2v) is 5.04. The summed E-state index contributed by atoms with van der Waals surface area (Å²) in [5.41, 5.74) is 2.14. The molecule has 124 valence electrons. The summed E-state index contributed by atoms with van der Waals surface area (Å²) in [6.07, 6.45) is 1.63. The lowest BCUT2D eigenvalue weighted by atomic mass is 10.2. The van der Waals surface area contributed by atoms with Crippen molar-refractivity contribution in [2.75, 3.05) is 18.5 Å². The summed E-state index contributed by atoms with van der Waals surface area (Å²) in [6.45, 7) is 4.91. The van der Waals surface area contributed by atoms with Crippen molar-refractivity contribution in [1.29, 1.82) is 0 Å². The molecule has 1 N–H and O–H groups in total. The molecule has 0 fully saturated rings. The number of hydrogen-bond donors (Lipinski definition) is 1. The highest BCUT2D eigenvalue weighted by molar-refractivity contribution is 5.80. The van der Waals surface area contributed by atoms with Gasteiger partial charge in [-0.05, 0) is 38.1 Å². The van der Waals surface area contributed by atoms with Crippen molar-refractivity contribution in [1.82, 2.24) is 9.97 Å². The Morgan fingerprint density at radius 3 is 2.21 bits per heavy atom. The average Bonchev–Trinajstić information content (AvgIpc) is 2.58. The van der Waals surface area contributed by atoms with E-state index < -0.39 is 0 Å². The van der Waals surface area contributed by atoms with Crippen molar-refractivity contribution in [3.05, 3.63) is 48.4 Å². The smallest absolute Gasteiger partial charge is 0.163 e. The van der Waals surface area contributed by atoms with Gasteiger partial charge in [-0.3, -0.25) is 4.98 Å². The van der Waals surface area contributed by atoms with Crippen molar-refractivity contribution in [2.24, 2.45) is 0 Å². The number of aromatic nitrogens is 2. The molecule has 1 aromatic heterocycles. The van der Waals surface area contributed by atoms with E-state index in [1.807, 2.05) is 26.0 Å². The van der Waals surface area contributed by atoms with E-state index in [1.165, 1.54) is 12.1 Å². The molecule has 0 aliphatic heterocycles. The van der Waals surface area contributed by atoms with Gasteiger partial charge in [0.25, 0.3) is 0 Å². The maximum absolute atomic E-state index is 13.0. The molecule has 0 saturated carbocycles. The van der Waals surface area contributed by atoms with E-state index in [2.05, 4.69) is 15.3 Å². The molecule has 0 aliphatic rings. The molecular weight excluding hydrogens is 309 g/mol. The number of nitrogens with one attached hydrogen (secondary N) is 1. The van der Waals surface area contributed by atoms with Gasteiger partial charge >= 0.3 is 0 Å². The van der Waals surface area contributed by atoms with Crippen LogP contribution in [0.2, 0.25) is 0 Å². The molecule has 1 heterocycles. The van der Waals surface area contributed by atoms with Crippen molar-refractivity contribution in [3.8, 4) is 11.5 Å². The van der Waals surface area contributed by atoms with E-state index in [0.29, 0.717) is 41.6 Å². The number of benzene rings is 2. The van der Waals surface area contributed by atoms with E-state index in [4.69, 9.17) is 9.47 Å². The molecule has 3 aromatic rings. The number of ether oxygens (including phenoxy) is 2. The monoisotopic (exact) mass is 327 g/mol. The quantitative estimate of drug-likeness (QED) is 0.731. The molecule has 0 aliphatic carbocycles. The zero-order chi connectivity index (χ0) is 16.9. The van der Waals surface area contributed by atoms with Gasteiger partial charge in [-0.2, -0.15) is 0 Å². The van der Waals surface area contributed by atoms with Gasteiger partial charge in [-0.15, -0.1) is 0 Å². The summed E-state index contributed by atoms with van der Waals surface area (Å²) in [5.74, 6) is 1.58. The van der Waals surface area contributed by atoms with Crippen molar-refractivity contribution in [2.45, 2.75) is 13.8 Å². The molecule has 0 radical (unpaired) electrons. The van der Waals surface area contributed by atoms with Gasteiger partial charge in [-0.25, -0.2) is 9.37 Å². The highest BCUT2D eigenvalue weighted by Crippen LogP contribution is 2.32. The third-order valence-corrected chi connectivity index (χ3v) is 3.32. The molecule has 0 saturated heterocycles. The predicted octanol–water partition coefficient (Wildman–Crippen LogP) is 4.31. The first-order valence-corrected chi connectivity index (χ1v) is 7.78. The minimum atomic E-state index is -0.282. The van der Waals surface area contributed by atoms with Crippen LogP contribution >= 0.6 is 0 Å². The van der Waals surface area contributed by atoms with Gasteiger partial charge in [0.15, 0.2) is 11.5 Å². The summed E-state index contributed by atoms with van der Waals surface area (Å²) in [6, 6.07) is 9.69. The fourth-order valence-corrected chi connectivity index (χ4v) is 2.30. The lowest BCUT2D eigenvalue weighted by Gasteiger charge is -2.12. The summed E-state index contributed by atoms with van der Waals surface area (Å²) >= 11 is 0. The lowest BCUT2D eigenvalue weighted by Crippen LogP contribution is -2.00. The summed E-state index contributed by atoms with van der Waals surface area (Å²) in [7, 11) is 0. The largest absolute Gasteiger partial charge is 0.490 e. The minimum Gasteiger partial charge on any atom is -0.490 e. The number of anilines is 2. The van der Waals surface area contributed by atoms with E-state index >= 15 is 0 Å². The molecule has 0 unspecified atom stereocenters. The maximum atomic E-state index is 13.0. The highest BCUT2D eigenvalue weighted by atomic mass is 19.1. The van der Waals surface area contributed by atoms with Gasteiger partial charge < -0.3 is 14.8 Å². The van der Waals surface area contributed by atoms with Crippen LogP contribution in [0.3, 0.4) is 0 Å². The van der Waals surface area contributed by atoms with Crippen LogP contribution in [0.1, 0.15) is 13.8 Å². The molecule has 24 heavy (non-hydrogen) atoms. The third kappa shape index (κ3) is 3.53. The van der Waals surface area contributed by atoms with Crippen LogP contribution in [-0.4, -0.2) is 23.2 Å². The first-order chi connectivity index (χ1) is 11.7. The molecule has 0 amide bonds. The molecule has 3 rings (SSSR count). The Morgan fingerprint density at radius 2 is 1.58 bits per heavy atom. The molecule has 5 nitrogen and oxygen atoms in total. The first kappa shape index (κ1) is 16.0. The standard InChI is InChI=1S/C18H18FN3O2/c1-3-23-16-9-14-15(10-17(16)24-4-2)22-18(11-20-14)21-13-7-5-12(19)6-8-13/h5-11H,3-4H2,1-2H3,(H,21,22). The molecule has 0 atom stereocenters. The zero-order valence-electron chi connectivity index (χ0n) is 13.5. The zero-order valence-corrected chi connectivity index (χ0v) is 13.5. The maximum Gasteiger partial charge on any atom is 0.163 e. The number of halogens is 1. The first-order valence-electron chi connectivity index (χ1n) is 7.78. The molecule has 2 aromatic carbocycles. The van der Waals surface area contributed by atoms with Crippen molar-refractivity contribution < 1.29 is 13.9 Å². The topological polar surface area (TPSA) is 56.3 Å². The molecule has 0 spiro atoms. The summed E-state index contributed by atoms with van der Waals surface area (Å²) in [5, 5.41) is 3.10. The fourth-order valence-electron chi connectivity index (χ4n) is 2.30. The van der Waals surface area contributed by atoms with Gasteiger partial charge in [0.1, 0.15) is 11.6 Å². The third-order valence-electron chi connectivity index (χ3n) is 3.32. The minimum absolute atomic E-state index is 0.282. The van der Waals surface area contributed by atoms with Crippen LogP contribution < -0.4 is 14.8 Å². The van der Waals surface area contributed by atoms with Crippen molar-refractivity contribution in [3.63, 3.8) is 0 Å².